The fourth-order valence-electron chi connectivity index (χ4n) is 4.73. The van der Waals surface area contributed by atoms with E-state index < -0.39 is 11.7 Å². The normalized spacial score (nSPS) is 11.9. The summed E-state index contributed by atoms with van der Waals surface area (Å²) in [5.41, 5.74) is 3.40. The molecule has 0 saturated carbocycles. The van der Waals surface area contributed by atoms with E-state index in [0.717, 1.165) is 28.8 Å². The van der Waals surface area contributed by atoms with E-state index >= 15 is 0 Å². The van der Waals surface area contributed by atoms with Gasteiger partial charge in [0, 0.05) is 5.92 Å². The highest BCUT2D eigenvalue weighted by Crippen LogP contribution is 2.40. The third-order valence-corrected chi connectivity index (χ3v) is 6.67. The van der Waals surface area contributed by atoms with Crippen LogP contribution in [0.1, 0.15) is 54.6 Å². The Morgan fingerprint density at radius 2 is 1.48 bits per heavy atom. The average molecular weight is 567 g/mol. The Morgan fingerprint density at radius 3 is 2.02 bits per heavy atom. The van der Waals surface area contributed by atoms with E-state index in [0.29, 0.717) is 16.8 Å². The van der Waals surface area contributed by atoms with E-state index in [9.17, 15) is 18.4 Å². The summed E-state index contributed by atoms with van der Waals surface area (Å²) in [4.78, 5) is 1.39. The predicted molar refractivity (Wildman–Crippen MR) is 155 cm³/mol. The molecule has 0 amide bonds. The summed E-state index contributed by atoms with van der Waals surface area (Å²) >= 11 is 0. The van der Waals surface area contributed by atoms with Gasteiger partial charge in [0.15, 0.2) is 5.69 Å². The zero-order valence-electron chi connectivity index (χ0n) is 23.4. The average Bonchev–Trinajstić information content (AvgIpc) is 3.46. The van der Waals surface area contributed by atoms with Gasteiger partial charge in [-0.3, -0.25) is 0 Å². The van der Waals surface area contributed by atoms with Gasteiger partial charge < -0.3 is 4.74 Å². The fourth-order valence-corrected chi connectivity index (χ4v) is 4.73. The summed E-state index contributed by atoms with van der Waals surface area (Å²) in [5, 5.41) is 18.0. The van der Waals surface area contributed by atoms with Crippen molar-refractivity contribution in [3.8, 4) is 28.6 Å². The van der Waals surface area contributed by atoms with Crippen molar-refractivity contribution in [2.75, 3.05) is 6.61 Å². The first-order valence-corrected chi connectivity index (χ1v) is 13.4. The monoisotopic (exact) mass is 566 g/mol. The number of nitrogens with zero attached hydrogens (tertiary/aromatic N) is 4. The van der Waals surface area contributed by atoms with Crippen LogP contribution in [0.15, 0.2) is 103 Å². The zero-order chi connectivity index (χ0) is 29.9. The maximum absolute atomic E-state index is 14.0. The van der Waals surface area contributed by atoms with Crippen LogP contribution in [0.2, 0.25) is 0 Å². The Kier molecular flexibility index (Phi) is 7.86. The molecular weight excluding hydrogens is 537 g/mol. The van der Waals surface area contributed by atoms with Crippen LogP contribution in [0.3, 0.4) is 0 Å². The minimum atomic E-state index is -4.55. The molecular formula is C34H29F3N4O. The van der Waals surface area contributed by atoms with Crippen LogP contribution in [-0.4, -0.2) is 21.6 Å². The van der Waals surface area contributed by atoms with Crippen molar-refractivity contribution in [1.29, 1.82) is 5.26 Å². The minimum absolute atomic E-state index is 0.149. The van der Waals surface area contributed by atoms with Gasteiger partial charge >= 0.3 is 6.18 Å². The second-order valence-corrected chi connectivity index (χ2v) is 11.3. The van der Waals surface area contributed by atoms with Crippen LogP contribution in [0.4, 0.5) is 13.2 Å². The van der Waals surface area contributed by atoms with E-state index in [1.807, 2.05) is 93.6 Å². The van der Waals surface area contributed by atoms with E-state index in [4.69, 9.17) is 4.74 Å². The van der Waals surface area contributed by atoms with Gasteiger partial charge in [-0.05, 0) is 63.6 Å². The van der Waals surface area contributed by atoms with Crippen molar-refractivity contribution in [2.45, 2.75) is 32.9 Å². The Balaban J connectivity index is 1.73. The maximum Gasteiger partial charge on any atom is 0.416 e. The molecule has 4 aromatic carbocycles. The standard InChI is InChI=1S/C34H29F3N4O/c1-33(2,3)22-42-29-17-26(16-27(19-29)34(35,36)37)25-14-15-31(41-39-21-28(20-38)40-41)30(18-25)32(23-10-6-4-7-11-23)24-12-8-5-9-13-24/h4-19,21,32H,22H2,1-3H3. The van der Waals surface area contributed by atoms with E-state index in [1.54, 1.807) is 18.2 Å². The van der Waals surface area contributed by atoms with Crippen LogP contribution in [0.5, 0.6) is 5.75 Å². The second-order valence-electron chi connectivity index (χ2n) is 11.3. The van der Waals surface area contributed by atoms with Crippen LogP contribution >= 0.6 is 0 Å². The van der Waals surface area contributed by atoms with Gasteiger partial charge in [0.05, 0.1) is 24.1 Å². The summed E-state index contributed by atoms with van der Waals surface area (Å²) in [6.45, 7) is 6.14. The van der Waals surface area contributed by atoms with Gasteiger partial charge in [-0.2, -0.15) is 23.5 Å². The van der Waals surface area contributed by atoms with E-state index in [-0.39, 0.29) is 29.4 Å². The molecule has 1 heterocycles. The molecule has 0 bridgehead atoms. The lowest BCUT2D eigenvalue weighted by Gasteiger charge is -2.23. The Bertz CT molecular complexity index is 1680. The molecule has 5 nitrogen and oxygen atoms in total. The van der Waals surface area contributed by atoms with Gasteiger partial charge in [-0.25, -0.2) is 0 Å². The lowest BCUT2D eigenvalue weighted by atomic mass is 9.83. The minimum Gasteiger partial charge on any atom is -0.493 e. The van der Waals surface area contributed by atoms with Gasteiger partial charge in [-0.1, -0.05) is 87.5 Å². The third kappa shape index (κ3) is 6.52. The van der Waals surface area contributed by atoms with Gasteiger partial charge in [-0.15, -0.1) is 9.90 Å². The van der Waals surface area contributed by atoms with Crippen LogP contribution < -0.4 is 4.74 Å². The zero-order valence-corrected chi connectivity index (χ0v) is 23.4. The smallest absolute Gasteiger partial charge is 0.416 e. The van der Waals surface area contributed by atoms with Crippen molar-refractivity contribution >= 4 is 0 Å². The highest BCUT2D eigenvalue weighted by molar-refractivity contribution is 5.70. The Morgan fingerprint density at radius 1 is 0.833 bits per heavy atom. The van der Waals surface area contributed by atoms with Crippen molar-refractivity contribution < 1.29 is 17.9 Å². The highest BCUT2D eigenvalue weighted by atomic mass is 19.4. The van der Waals surface area contributed by atoms with Crippen molar-refractivity contribution in [3.63, 3.8) is 0 Å². The first-order valence-electron chi connectivity index (χ1n) is 13.4. The molecule has 42 heavy (non-hydrogen) atoms. The number of hydrogen-bond acceptors (Lipinski definition) is 4. The van der Waals surface area contributed by atoms with Crippen molar-refractivity contribution in [1.82, 2.24) is 15.0 Å². The molecule has 0 N–H and O–H groups in total. The van der Waals surface area contributed by atoms with Gasteiger partial charge in [0.1, 0.15) is 11.8 Å². The SMILES string of the molecule is CC(C)(C)COc1cc(-c2ccc(-n3ncc(C#N)n3)c(C(c3ccccc3)c3ccccc3)c2)cc(C(F)(F)F)c1. The fraction of sp³-hybridized carbons (Fsp3) is 0.206. The van der Waals surface area contributed by atoms with Crippen molar-refractivity contribution in [3.05, 3.63) is 131 Å². The topological polar surface area (TPSA) is 63.7 Å². The molecule has 0 atom stereocenters. The first-order chi connectivity index (χ1) is 20.0. The van der Waals surface area contributed by atoms with Crippen LogP contribution in [-0.2, 0) is 6.18 Å². The molecule has 0 unspecified atom stereocenters. The quantitative estimate of drug-likeness (QED) is 0.186. The molecule has 5 rings (SSSR count). The molecule has 0 radical (unpaired) electrons. The number of hydrogen-bond donors (Lipinski definition) is 0. The molecule has 0 aliphatic rings. The summed E-state index contributed by atoms with van der Waals surface area (Å²) in [7, 11) is 0. The molecule has 0 aliphatic heterocycles. The molecule has 0 fully saturated rings. The number of ether oxygens (including phenoxy) is 1. The van der Waals surface area contributed by atoms with Crippen molar-refractivity contribution in [2.24, 2.45) is 5.41 Å². The van der Waals surface area contributed by atoms with Gasteiger partial charge in [0.25, 0.3) is 0 Å². The molecule has 1 aromatic heterocycles. The number of benzene rings is 4. The molecule has 8 heteroatoms. The highest BCUT2D eigenvalue weighted by Gasteiger charge is 2.32. The summed E-state index contributed by atoms with van der Waals surface area (Å²) in [5.74, 6) is -0.156. The molecule has 0 spiro atoms. The van der Waals surface area contributed by atoms with E-state index in [1.165, 1.54) is 11.0 Å². The lowest BCUT2D eigenvalue weighted by Crippen LogP contribution is -2.17. The molecule has 212 valence electrons. The number of nitriles is 1. The van der Waals surface area contributed by atoms with Crippen LogP contribution in [0.25, 0.3) is 16.8 Å². The Labute approximate surface area is 242 Å². The lowest BCUT2D eigenvalue weighted by molar-refractivity contribution is -0.137. The predicted octanol–water partition coefficient (Wildman–Crippen LogP) is 8.43. The summed E-state index contributed by atoms with van der Waals surface area (Å²) in [6, 6.07) is 30.9. The number of alkyl halides is 3. The first kappa shape index (κ1) is 28.6. The number of aromatic nitrogens is 3. The number of halogens is 3. The molecule has 0 aliphatic carbocycles. The molecule has 0 saturated heterocycles. The Hall–Kier alpha value is -4.90. The summed E-state index contributed by atoms with van der Waals surface area (Å²) in [6.07, 6.45) is -3.18. The van der Waals surface area contributed by atoms with Crippen LogP contribution in [0, 0.1) is 16.7 Å². The number of rotatable bonds is 7. The third-order valence-electron chi connectivity index (χ3n) is 6.67. The van der Waals surface area contributed by atoms with E-state index in [2.05, 4.69) is 10.2 Å². The largest absolute Gasteiger partial charge is 0.493 e. The second kappa shape index (κ2) is 11.5. The maximum atomic E-state index is 14.0. The van der Waals surface area contributed by atoms with Gasteiger partial charge in [0.2, 0.25) is 0 Å². The summed E-state index contributed by atoms with van der Waals surface area (Å²) < 4.78 is 47.9. The molecule has 5 aromatic rings.